The molecule has 11 heteroatoms. The fraction of sp³-hybridized carbons (Fsp3) is 0.519. The molecule has 0 aliphatic carbocycles. The number of benzene rings is 2. The summed E-state index contributed by atoms with van der Waals surface area (Å²) in [7, 11) is -9.24. The van der Waals surface area contributed by atoms with Gasteiger partial charge in [-0.25, -0.2) is 26.3 Å². The maximum atomic E-state index is 11.9. The molecular formula is C27H37N2NaO6S2. The first-order valence-electron chi connectivity index (χ1n) is 12.6. The van der Waals surface area contributed by atoms with Crippen LogP contribution in [-0.2, 0) is 20.2 Å². The summed E-state index contributed by atoms with van der Waals surface area (Å²) < 4.78 is 73.5. The van der Waals surface area contributed by atoms with Crippen molar-refractivity contribution in [3.05, 3.63) is 46.5 Å². The van der Waals surface area contributed by atoms with E-state index in [9.17, 15) is 25.9 Å². The first kappa shape index (κ1) is 32.9. The van der Waals surface area contributed by atoms with Gasteiger partial charge in [-0.05, 0) is 47.9 Å². The maximum Gasteiger partial charge on any atom is 1.00 e. The van der Waals surface area contributed by atoms with Gasteiger partial charge in [0.1, 0.15) is 44.7 Å². The van der Waals surface area contributed by atoms with Crippen LogP contribution in [0.25, 0.3) is 0 Å². The van der Waals surface area contributed by atoms with Crippen molar-refractivity contribution < 1.29 is 60.1 Å². The van der Waals surface area contributed by atoms with Gasteiger partial charge in [-0.2, -0.15) is 0 Å². The molecule has 0 unspecified atom stereocenters. The van der Waals surface area contributed by atoms with Gasteiger partial charge >= 0.3 is 29.6 Å². The largest absolute Gasteiger partial charge is 1.00 e. The van der Waals surface area contributed by atoms with Gasteiger partial charge in [0.05, 0.1) is 9.79 Å². The second kappa shape index (κ2) is 12.1. The third-order valence-corrected chi connectivity index (χ3v) is 8.41. The van der Waals surface area contributed by atoms with E-state index in [0.717, 1.165) is 33.6 Å². The Hall–Kier alpha value is -1.27. The zero-order chi connectivity index (χ0) is 28.0. The molecule has 1 aliphatic rings. The van der Waals surface area contributed by atoms with Gasteiger partial charge in [-0.1, -0.05) is 55.4 Å². The molecule has 0 radical (unpaired) electrons. The van der Waals surface area contributed by atoms with Crippen LogP contribution < -0.4 is 34.5 Å². The summed E-state index contributed by atoms with van der Waals surface area (Å²) in [6.07, 6.45) is 1.97. The van der Waals surface area contributed by atoms with Crippen LogP contribution in [0.3, 0.4) is 0 Å². The number of rotatable bonds is 8. The van der Waals surface area contributed by atoms with Crippen molar-refractivity contribution in [3.63, 3.8) is 0 Å². The van der Waals surface area contributed by atoms with E-state index in [2.05, 4.69) is 9.48 Å². The number of hydrogen-bond donors (Lipinski definition) is 0. The average molecular weight is 573 g/mol. The molecule has 0 saturated carbocycles. The summed E-state index contributed by atoms with van der Waals surface area (Å²) in [4.78, 5) is 1.63. The topological polar surface area (TPSA) is 121 Å². The molecule has 8 nitrogen and oxygen atoms in total. The standard InChI is InChI=1S/C27H38N2O6S2.Na/c1-16(2)22-11-20(36(30,31)32)12-23(17(3)4)26(22)28-9-10-29(15-28)27-24(18(5)6)13-21(37(33,34)35)14-25(27)19(7)8;/h11-19H,9-10H2,1-8H3,(H-,30,31,32,33,34,35);/q;+1/p-1. The molecule has 0 amide bonds. The van der Waals surface area contributed by atoms with Crippen molar-refractivity contribution in [1.82, 2.24) is 0 Å². The van der Waals surface area contributed by atoms with Crippen molar-refractivity contribution in [3.8, 4) is 0 Å². The maximum absolute atomic E-state index is 11.9. The van der Waals surface area contributed by atoms with Crippen LogP contribution in [0.5, 0.6) is 0 Å². The second-order valence-corrected chi connectivity index (χ2v) is 13.7. The van der Waals surface area contributed by atoms with E-state index in [1.807, 2.05) is 61.7 Å². The number of nitrogens with zero attached hydrogens (tertiary/aromatic N) is 2. The van der Waals surface area contributed by atoms with Crippen LogP contribution in [0.2, 0.25) is 0 Å². The Kier molecular flexibility index (Phi) is 10.5. The van der Waals surface area contributed by atoms with Gasteiger partial charge < -0.3 is 9.11 Å². The zero-order valence-corrected chi connectivity index (χ0v) is 27.4. The summed E-state index contributed by atoms with van der Waals surface area (Å²) in [5, 5.41) is 0. The predicted molar refractivity (Wildman–Crippen MR) is 143 cm³/mol. The number of hydrogen-bond acceptors (Lipinski definition) is 7. The summed E-state index contributed by atoms with van der Waals surface area (Å²) in [6.45, 7) is 17.0. The van der Waals surface area contributed by atoms with E-state index >= 15 is 0 Å². The van der Waals surface area contributed by atoms with Crippen LogP contribution in [-0.4, -0.2) is 49.9 Å². The molecule has 0 atom stereocenters. The van der Waals surface area contributed by atoms with Crippen molar-refractivity contribution in [2.75, 3.05) is 18.0 Å². The van der Waals surface area contributed by atoms with Crippen LogP contribution >= 0.6 is 0 Å². The SMILES string of the molecule is CC(C)c1cc(S(=O)(=O)[O-])cc(C(C)C)c1N1C=[N+](c2c(C(C)C)cc(S(=O)(=O)[O-])cc2C(C)C)CC1.[Na+]. The average Bonchev–Trinajstić information content (AvgIpc) is 3.25. The molecule has 0 aromatic heterocycles. The minimum atomic E-state index is -4.62. The smallest absolute Gasteiger partial charge is 0.744 e. The minimum absolute atomic E-state index is 0. The molecule has 38 heavy (non-hydrogen) atoms. The molecule has 0 saturated heterocycles. The summed E-state index contributed by atoms with van der Waals surface area (Å²) >= 11 is 0. The monoisotopic (exact) mass is 572 g/mol. The van der Waals surface area contributed by atoms with Gasteiger partial charge in [0.15, 0.2) is 0 Å². The Labute approximate surface area is 249 Å². The first-order chi connectivity index (χ1) is 16.9. The fourth-order valence-electron chi connectivity index (χ4n) is 4.85. The Morgan fingerprint density at radius 2 is 1.03 bits per heavy atom. The molecule has 0 N–H and O–H groups in total. The molecular weight excluding hydrogens is 535 g/mol. The molecule has 2 aromatic carbocycles. The minimum Gasteiger partial charge on any atom is -0.744 e. The Balaban J connectivity index is 0.00000507. The van der Waals surface area contributed by atoms with Crippen LogP contribution in [0, 0.1) is 0 Å². The van der Waals surface area contributed by atoms with Gasteiger partial charge in [-0.15, -0.1) is 0 Å². The Morgan fingerprint density at radius 1 is 0.684 bits per heavy atom. The van der Waals surface area contributed by atoms with Crippen LogP contribution in [0.1, 0.15) is 101 Å². The number of anilines is 1. The quantitative estimate of drug-likeness (QED) is 0.270. The van der Waals surface area contributed by atoms with Crippen molar-refractivity contribution in [1.29, 1.82) is 0 Å². The summed E-state index contributed by atoms with van der Waals surface area (Å²) in [5.74, 6) is -0.127. The van der Waals surface area contributed by atoms with E-state index in [1.54, 1.807) is 0 Å². The van der Waals surface area contributed by atoms with Gasteiger partial charge in [-0.3, -0.25) is 0 Å². The fourth-order valence-corrected chi connectivity index (χ4v) is 5.94. The predicted octanol–water partition coefficient (Wildman–Crippen LogP) is 2.18. The third-order valence-electron chi connectivity index (χ3n) is 6.79. The zero-order valence-electron chi connectivity index (χ0n) is 23.8. The Morgan fingerprint density at radius 3 is 1.34 bits per heavy atom. The van der Waals surface area contributed by atoms with Gasteiger partial charge in [0, 0.05) is 22.3 Å². The van der Waals surface area contributed by atoms with Crippen molar-refractivity contribution in [2.24, 2.45) is 0 Å². The molecule has 3 rings (SSSR count). The third kappa shape index (κ3) is 6.89. The van der Waals surface area contributed by atoms with Crippen LogP contribution in [0.15, 0.2) is 34.1 Å². The van der Waals surface area contributed by atoms with Gasteiger partial charge in [0.25, 0.3) is 0 Å². The Bertz CT molecular complexity index is 1390. The van der Waals surface area contributed by atoms with Crippen molar-refractivity contribution in [2.45, 2.75) is 88.9 Å². The van der Waals surface area contributed by atoms with E-state index in [4.69, 9.17) is 0 Å². The van der Waals surface area contributed by atoms with E-state index in [1.165, 1.54) is 24.3 Å². The molecule has 1 heterocycles. The molecule has 204 valence electrons. The summed E-state index contributed by atoms with van der Waals surface area (Å²) in [6, 6.07) is 5.94. The van der Waals surface area contributed by atoms with E-state index in [-0.39, 0.29) is 63.0 Å². The normalized spacial score (nSPS) is 14.6. The van der Waals surface area contributed by atoms with E-state index < -0.39 is 20.2 Å². The molecule has 0 bridgehead atoms. The molecule has 2 aromatic rings. The summed E-state index contributed by atoms with van der Waals surface area (Å²) in [5.41, 5.74) is 4.88. The second-order valence-electron chi connectivity index (χ2n) is 10.9. The van der Waals surface area contributed by atoms with Crippen LogP contribution in [0.4, 0.5) is 11.4 Å². The van der Waals surface area contributed by atoms with E-state index in [0.29, 0.717) is 13.1 Å². The van der Waals surface area contributed by atoms with Gasteiger partial charge in [0.2, 0.25) is 6.34 Å². The molecule has 1 aliphatic heterocycles. The molecule has 0 spiro atoms. The van der Waals surface area contributed by atoms with Crippen molar-refractivity contribution >= 4 is 37.9 Å². The molecule has 0 fully saturated rings. The first-order valence-corrected chi connectivity index (χ1v) is 15.4.